The Kier molecular flexibility index (Phi) is 4.57. The molecule has 2 rings (SSSR count). The normalized spacial score (nSPS) is 19.8. The van der Waals surface area contributed by atoms with Gasteiger partial charge in [0.15, 0.2) is 0 Å². The fourth-order valence-corrected chi connectivity index (χ4v) is 2.60. The highest BCUT2D eigenvalue weighted by atomic mass is 16.3. The summed E-state index contributed by atoms with van der Waals surface area (Å²) in [5.74, 6) is 0. The van der Waals surface area contributed by atoms with E-state index >= 15 is 0 Å². The Morgan fingerprint density at radius 1 is 1.00 bits per heavy atom. The second-order valence-electron chi connectivity index (χ2n) is 5.23. The van der Waals surface area contributed by atoms with Crippen LogP contribution in [-0.2, 0) is 6.54 Å². The van der Waals surface area contributed by atoms with Crippen LogP contribution in [-0.4, -0.2) is 17.3 Å². The van der Waals surface area contributed by atoms with Crippen LogP contribution in [0.25, 0.3) is 0 Å². The van der Waals surface area contributed by atoms with Crippen molar-refractivity contribution in [3.05, 3.63) is 35.9 Å². The number of aliphatic hydroxyl groups is 1. The Bertz CT molecular complexity index is 315. The molecular weight excluding hydrogens is 210 g/mol. The molecule has 0 aromatic heterocycles. The first-order valence-electron chi connectivity index (χ1n) is 6.76. The summed E-state index contributed by atoms with van der Waals surface area (Å²) in [7, 11) is 0. The van der Waals surface area contributed by atoms with Gasteiger partial charge in [0.2, 0.25) is 0 Å². The highest BCUT2D eigenvalue weighted by Gasteiger charge is 2.27. The molecule has 94 valence electrons. The van der Waals surface area contributed by atoms with Crippen molar-refractivity contribution < 1.29 is 5.11 Å². The van der Waals surface area contributed by atoms with Gasteiger partial charge in [-0.05, 0) is 18.4 Å². The topological polar surface area (TPSA) is 32.3 Å². The van der Waals surface area contributed by atoms with Crippen molar-refractivity contribution in [1.29, 1.82) is 0 Å². The number of rotatable bonds is 4. The smallest absolute Gasteiger partial charge is 0.0771 e. The molecule has 0 unspecified atom stereocenters. The maximum absolute atomic E-state index is 10.5. The predicted molar refractivity (Wildman–Crippen MR) is 70.8 cm³/mol. The summed E-state index contributed by atoms with van der Waals surface area (Å²) >= 11 is 0. The van der Waals surface area contributed by atoms with Crippen molar-refractivity contribution in [2.24, 2.45) is 0 Å². The largest absolute Gasteiger partial charge is 0.389 e. The van der Waals surface area contributed by atoms with Gasteiger partial charge in [0, 0.05) is 13.1 Å². The van der Waals surface area contributed by atoms with Crippen LogP contribution < -0.4 is 5.32 Å². The zero-order chi connectivity index (χ0) is 12.0. The molecule has 1 fully saturated rings. The van der Waals surface area contributed by atoms with E-state index in [0.29, 0.717) is 0 Å². The van der Waals surface area contributed by atoms with Crippen molar-refractivity contribution in [1.82, 2.24) is 5.32 Å². The number of hydrogen-bond acceptors (Lipinski definition) is 2. The van der Waals surface area contributed by atoms with Crippen molar-refractivity contribution in [3.8, 4) is 0 Å². The minimum atomic E-state index is -0.467. The van der Waals surface area contributed by atoms with Crippen LogP contribution in [0, 0.1) is 0 Å². The van der Waals surface area contributed by atoms with Gasteiger partial charge in [-0.15, -0.1) is 0 Å². The van der Waals surface area contributed by atoms with Gasteiger partial charge < -0.3 is 10.4 Å². The van der Waals surface area contributed by atoms with E-state index in [1.165, 1.54) is 31.2 Å². The lowest BCUT2D eigenvalue weighted by Crippen LogP contribution is -2.39. The first-order chi connectivity index (χ1) is 8.29. The zero-order valence-corrected chi connectivity index (χ0v) is 10.5. The summed E-state index contributed by atoms with van der Waals surface area (Å²) in [5.41, 5.74) is 0.815. The molecule has 1 aliphatic rings. The van der Waals surface area contributed by atoms with Gasteiger partial charge in [0.1, 0.15) is 0 Å². The SMILES string of the molecule is OC1(CNCc2ccccc2)CCCCCC1. The monoisotopic (exact) mass is 233 g/mol. The van der Waals surface area contributed by atoms with Crippen LogP contribution in [0.15, 0.2) is 30.3 Å². The van der Waals surface area contributed by atoms with Crippen LogP contribution in [0.1, 0.15) is 44.1 Å². The third-order valence-electron chi connectivity index (χ3n) is 3.66. The van der Waals surface area contributed by atoms with Crippen molar-refractivity contribution in [2.45, 2.75) is 50.7 Å². The fourth-order valence-electron chi connectivity index (χ4n) is 2.60. The van der Waals surface area contributed by atoms with Gasteiger partial charge in [0.25, 0.3) is 0 Å². The molecule has 0 amide bonds. The molecule has 1 aromatic rings. The molecule has 2 heteroatoms. The summed E-state index contributed by atoms with van der Waals surface area (Å²) in [6.07, 6.45) is 6.80. The molecule has 0 saturated heterocycles. The molecule has 0 heterocycles. The van der Waals surface area contributed by atoms with Crippen LogP contribution in [0.2, 0.25) is 0 Å². The molecule has 0 spiro atoms. The van der Waals surface area contributed by atoms with E-state index in [2.05, 4.69) is 29.6 Å². The van der Waals surface area contributed by atoms with E-state index in [0.717, 1.165) is 25.9 Å². The Labute approximate surface area is 104 Å². The van der Waals surface area contributed by atoms with Crippen LogP contribution >= 0.6 is 0 Å². The summed E-state index contributed by atoms with van der Waals surface area (Å²) in [6, 6.07) is 10.4. The minimum absolute atomic E-state index is 0.467. The number of hydrogen-bond donors (Lipinski definition) is 2. The quantitative estimate of drug-likeness (QED) is 0.784. The van der Waals surface area contributed by atoms with Gasteiger partial charge in [-0.25, -0.2) is 0 Å². The Balaban J connectivity index is 1.77. The molecule has 0 atom stereocenters. The Morgan fingerprint density at radius 3 is 2.29 bits per heavy atom. The molecule has 1 aliphatic carbocycles. The molecule has 1 saturated carbocycles. The van der Waals surface area contributed by atoms with Gasteiger partial charge in [0.05, 0.1) is 5.60 Å². The lowest BCUT2D eigenvalue weighted by Gasteiger charge is -2.27. The third-order valence-corrected chi connectivity index (χ3v) is 3.66. The first-order valence-corrected chi connectivity index (χ1v) is 6.76. The van der Waals surface area contributed by atoms with Gasteiger partial charge >= 0.3 is 0 Å². The second-order valence-corrected chi connectivity index (χ2v) is 5.23. The van der Waals surface area contributed by atoms with Crippen molar-refractivity contribution in [2.75, 3.05) is 6.54 Å². The predicted octanol–water partition coefficient (Wildman–Crippen LogP) is 2.86. The minimum Gasteiger partial charge on any atom is -0.389 e. The third kappa shape index (κ3) is 4.14. The number of nitrogens with one attached hydrogen (secondary N) is 1. The van der Waals surface area contributed by atoms with E-state index < -0.39 is 5.60 Å². The van der Waals surface area contributed by atoms with Crippen LogP contribution in [0.3, 0.4) is 0 Å². The lowest BCUT2D eigenvalue weighted by atomic mass is 9.94. The van der Waals surface area contributed by atoms with Crippen molar-refractivity contribution in [3.63, 3.8) is 0 Å². The molecule has 0 radical (unpaired) electrons. The fraction of sp³-hybridized carbons (Fsp3) is 0.600. The second kappa shape index (κ2) is 6.18. The van der Waals surface area contributed by atoms with E-state index in [-0.39, 0.29) is 0 Å². The molecule has 2 nitrogen and oxygen atoms in total. The van der Waals surface area contributed by atoms with Gasteiger partial charge in [-0.1, -0.05) is 56.0 Å². The summed E-state index contributed by atoms with van der Waals surface area (Å²) < 4.78 is 0. The number of benzene rings is 1. The van der Waals surface area contributed by atoms with Gasteiger partial charge in [-0.3, -0.25) is 0 Å². The molecule has 17 heavy (non-hydrogen) atoms. The molecule has 1 aromatic carbocycles. The van der Waals surface area contributed by atoms with E-state index in [1.54, 1.807) is 0 Å². The van der Waals surface area contributed by atoms with Crippen LogP contribution in [0.4, 0.5) is 0 Å². The maximum Gasteiger partial charge on any atom is 0.0771 e. The highest BCUT2D eigenvalue weighted by molar-refractivity contribution is 5.14. The van der Waals surface area contributed by atoms with Crippen molar-refractivity contribution >= 4 is 0 Å². The van der Waals surface area contributed by atoms with E-state index in [4.69, 9.17) is 0 Å². The zero-order valence-electron chi connectivity index (χ0n) is 10.5. The van der Waals surface area contributed by atoms with E-state index in [9.17, 15) is 5.11 Å². The van der Waals surface area contributed by atoms with E-state index in [1.807, 2.05) is 6.07 Å². The molecular formula is C15H23NO. The molecule has 0 aliphatic heterocycles. The summed E-state index contributed by atoms with van der Waals surface area (Å²) in [4.78, 5) is 0. The first kappa shape index (κ1) is 12.6. The lowest BCUT2D eigenvalue weighted by molar-refractivity contribution is 0.0250. The Morgan fingerprint density at radius 2 is 1.65 bits per heavy atom. The Hall–Kier alpha value is -0.860. The van der Waals surface area contributed by atoms with Gasteiger partial charge in [-0.2, -0.15) is 0 Å². The average molecular weight is 233 g/mol. The standard InChI is InChI=1S/C15H23NO/c17-15(10-6-1-2-7-11-15)13-16-12-14-8-4-3-5-9-14/h3-5,8-9,16-17H,1-2,6-7,10-13H2. The highest BCUT2D eigenvalue weighted by Crippen LogP contribution is 2.26. The molecule has 0 bridgehead atoms. The summed E-state index contributed by atoms with van der Waals surface area (Å²) in [5, 5.41) is 13.9. The van der Waals surface area contributed by atoms with Crippen LogP contribution in [0.5, 0.6) is 0 Å². The maximum atomic E-state index is 10.5. The summed E-state index contributed by atoms with van der Waals surface area (Å²) in [6.45, 7) is 1.57. The molecule has 2 N–H and O–H groups in total. The average Bonchev–Trinajstić information content (AvgIpc) is 2.56.